The molecule has 0 atom stereocenters. The fourth-order valence-corrected chi connectivity index (χ4v) is 2.90. The molecule has 0 aliphatic carbocycles. The van der Waals surface area contributed by atoms with Crippen LogP contribution < -0.4 is 5.32 Å². The van der Waals surface area contributed by atoms with Crippen LogP contribution in [0.15, 0.2) is 60.3 Å². The van der Waals surface area contributed by atoms with Crippen molar-refractivity contribution in [1.29, 1.82) is 0 Å². The topological polar surface area (TPSA) is 27.0 Å². The van der Waals surface area contributed by atoms with Crippen molar-refractivity contribution in [3.05, 3.63) is 77.4 Å². The Kier molecular flexibility index (Phi) is 2.93. The largest absolute Gasteiger partial charge is 0.253 e. The highest BCUT2D eigenvalue weighted by Gasteiger charge is 2.21. The van der Waals surface area contributed by atoms with Crippen LogP contribution in [0.1, 0.15) is 18.2 Å². The molecule has 0 bridgehead atoms. The number of allylic oxidation sites excluding steroid dienone is 2. The number of aromatic nitrogens is 1. The van der Waals surface area contributed by atoms with E-state index in [0.717, 1.165) is 39.1 Å². The van der Waals surface area contributed by atoms with Gasteiger partial charge in [-0.3, -0.25) is 10.3 Å². The van der Waals surface area contributed by atoms with Crippen LogP contribution in [0.3, 0.4) is 0 Å². The second kappa shape index (κ2) is 4.95. The van der Waals surface area contributed by atoms with Gasteiger partial charge in [-0.15, -0.1) is 0 Å². The Bertz CT molecular complexity index is 912. The van der Waals surface area contributed by atoms with Crippen molar-refractivity contribution < 1.29 is 4.39 Å². The quantitative estimate of drug-likeness (QED) is 0.677. The number of benzene rings is 2. The standard InChI is InChI=1S/C19H14FN2/c1-12-16(17-10-14(20)7-9-19(17)21-12)11-15-8-6-13-4-2-3-5-18(13)22-15/h2-10H,11H2,1H3. The first-order valence-corrected chi connectivity index (χ1v) is 7.27. The summed E-state index contributed by atoms with van der Waals surface area (Å²) in [6.07, 6.45) is 0.663. The molecule has 0 unspecified atom stereocenters. The Morgan fingerprint density at radius 2 is 1.86 bits per heavy atom. The third-order valence-electron chi connectivity index (χ3n) is 4.02. The molecule has 3 heteroatoms. The van der Waals surface area contributed by atoms with E-state index in [1.165, 1.54) is 6.07 Å². The smallest absolute Gasteiger partial charge is 0.123 e. The Morgan fingerprint density at radius 3 is 2.77 bits per heavy atom. The molecule has 0 N–H and O–H groups in total. The van der Waals surface area contributed by atoms with E-state index in [2.05, 4.69) is 11.4 Å². The lowest BCUT2D eigenvalue weighted by Gasteiger charge is -2.06. The summed E-state index contributed by atoms with van der Waals surface area (Å²) in [5.74, 6) is -0.229. The van der Waals surface area contributed by atoms with Gasteiger partial charge in [0.05, 0.1) is 11.2 Å². The van der Waals surface area contributed by atoms with Gasteiger partial charge in [0.25, 0.3) is 0 Å². The summed E-state index contributed by atoms with van der Waals surface area (Å²) >= 11 is 0. The molecule has 0 saturated heterocycles. The third-order valence-corrected chi connectivity index (χ3v) is 4.02. The molecule has 0 spiro atoms. The molecule has 1 radical (unpaired) electrons. The van der Waals surface area contributed by atoms with Gasteiger partial charge in [0.2, 0.25) is 0 Å². The van der Waals surface area contributed by atoms with Gasteiger partial charge < -0.3 is 0 Å². The lowest BCUT2D eigenvalue weighted by molar-refractivity contribution is 0.627. The summed E-state index contributed by atoms with van der Waals surface area (Å²) in [5, 5.41) is 5.64. The van der Waals surface area contributed by atoms with Crippen LogP contribution in [0.25, 0.3) is 16.5 Å². The fraction of sp³-hybridized carbons (Fsp3) is 0.105. The molecule has 22 heavy (non-hydrogen) atoms. The van der Waals surface area contributed by atoms with Crippen LogP contribution >= 0.6 is 0 Å². The molecule has 2 heterocycles. The molecule has 3 aromatic rings. The van der Waals surface area contributed by atoms with Crippen molar-refractivity contribution in [2.24, 2.45) is 0 Å². The van der Waals surface area contributed by atoms with Crippen LogP contribution in [0.4, 0.5) is 10.1 Å². The van der Waals surface area contributed by atoms with Crippen LogP contribution in [0.5, 0.6) is 0 Å². The Hall–Kier alpha value is -2.68. The summed E-state index contributed by atoms with van der Waals surface area (Å²) < 4.78 is 13.5. The van der Waals surface area contributed by atoms with Crippen molar-refractivity contribution in [2.45, 2.75) is 13.3 Å². The van der Waals surface area contributed by atoms with Gasteiger partial charge in [0.1, 0.15) is 5.82 Å². The van der Waals surface area contributed by atoms with Crippen LogP contribution in [-0.4, -0.2) is 4.98 Å². The van der Waals surface area contributed by atoms with Gasteiger partial charge in [0.15, 0.2) is 0 Å². The second-order valence-corrected chi connectivity index (χ2v) is 5.51. The predicted molar refractivity (Wildman–Crippen MR) is 86.2 cm³/mol. The van der Waals surface area contributed by atoms with E-state index in [1.54, 1.807) is 12.1 Å². The summed E-state index contributed by atoms with van der Waals surface area (Å²) in [4.78, 5) is 4.70. The SMILES string of the molecule is CC1=C(Cc2ccc3ccccc3n2)c2cc(F)ccc2[N]1. The molecule has 0 saturated carbocycles. The highest BCUT2D eigenvalue weighted by atomic mass is 19.1. The number of hydrogen-bond donors (Lipinski definition) is 0. The predicted octanol–water partition coefficient (Wildman–Crippen LogP) is 4.60. The highest BCUT2D eigenvalue weighted by molar-refractivity contribution is 5.83. The molecule has 1 aliphatic rings. The van der Waals surface area contributed by atoms with Crippen LogP contribution in [-0.2, 0) is 6.42 Å². The Morgan fingerprint density at radius 1 is 1.00 bits per heavy atom. The molecule has 1 aromatic heterocycles. The lowest BCUT2D eigenvalue weighted by atomic mass is 10.00. The third kappa shape index (κ3) is 2.15. The fourth-order valence-electron chi connectivity index (χ4n) is 2.90. The zero-order valence-corrected chi connectivity index (χ0v) is 12.2. The van der Waals surface area contributed by atoms with Crippen molar-refractivity contribution in [3.63, 3.8) is 0 Å². The summed E-state index contributed by atoms with van der Waals surface area (Å²) in [6.45, 7) is 1.97. The molecule has 4 rings (SSSR count). The van der Waals surface area contributed by atoms with E-state index in [-0.39, 0.29) is 5.82 Å². The summed E-state index contributed by atoms with van der Waals surface area (Å²) in [5.41, 5.74) is 5.67. The maximum atomic E-state index is 13.5. The Labute approximate surface area is 128 Å². The number of hydrogen-bond acceptors (Lipinski definition) is 1. The zero-order valence-electron chi connectivity index (χ0n) is 12.2. The van der Waals surface area contributed by atoms with E-state index in [0.29, 0.717) is 6.42 Å². The number of para-hydroxylation sites is 1. The molecule has 2 aromatic carbocycles. The molecule has 2 nitrogen and oxygen atoms in total. The number of nitrogens with zero attached hydrogens (tertiary/aromatic N) is 2. The van der Waals surface area contributed by atoms with Crippen molar-refractivity contribution >= 4 is 22.2 Å². The van der Waals surface area contributed by atoms with Gasteiger partial charge in [-0.05, 0) is 42.8 Å². The van der Waals surface area contributed by atoms with E-state index in [1.807, 2.05) is 37.3 Å². The van der Waals surface area contributed by atoms with Crippen LogP contribution in [0, 0.1) is 5.82 Å². The van der Waals surface area contributed by atoms with Gasteiger partial charge in [-0.2, -0.15) is 0 Å². The van der Waals surface area contributed by atoms with Crippen LogP contribution in [0.2, 0.25) is 0 Å². The maximum absolute atomic E-state index is 13.5. The normalized spacial score (nSPS) is 13.4. The number of halogens is 1. The monoisotopic (exact) mass is 289 g/mol. The van der Waals surface area contributed by atoms with Crippen molar-refractivity contribution in [2.75, 3.05) is 0 Å². The average molecular weight is 289 g/mol. The average Bonchev–Trinajstić information content (AvgIpc) is 2.83. The first-order chi connectivity index (χ1) is 10.7. The Balaban J connectivity index is 1.74. The van der Waals surface area contributed by atoms with Crippen molar-refractivity contribution in [3.8, 4) is 0 Å². The maximum Gasteiger partial charge on any atom is 0.123 e. The van der Waals surface area contributed by atoms with E-state index < -0.39 is 0 Å². The minimum Gasteiger partial charge on any atom is -0.253 e. The summed E-state index contributed by atoms with van der Waals surface area (Å²) in [7, 11) is 0. The van der Waals surface area contributed by atoms with Gasteiger partial charge in [-0.25, -0.2) is 4.39 Å². The van der Waals surface area contributed by atoms with Gasteiger partial charge in [-0.1, -0.05) is 24.3 Å². The first-order valence-electron chi connectivity index (χ1n) is 7.27. The zero-order chi connectivity index (χ0) is 15.1. The number of fused-ring (bicyclic) bond motifs is 2. The first kappa shape index (κ1) is 13.0. The lowest BCUT2D eigenvalue weighted by Crippen LogP contribution is -1.95. The van der Waals surface area contributed by atoms with Gasteiger partial charge in [0, 0.05) is 28.8 Å². The minimum absolute atomic E-state index is 0.229. The van der Waals surface area contributed by atoms with E-state index >= 15 is 0 Å². The number of pyridine rings is 1. The number of rotatable bonds is 2. The van der Waals surface area contributed by atoms with Crippen molar-refractivity contribution in [1.82, 2.24) is 10.3 Å². The molecular formula is C19H14FN2. The second-order valence-electron chi connectivity index (χ2n) is 5.51. The summed E-state index contributed by atoms with van der Waals surface area (Å²) in [6, 6.07) is 16.9. The van der Waals surface area contributed by atoms with E-state index in [9.17, 15) is 4.39 Å². The minimum atomic E-state index is -0.229. The molecule has 0 amide bonds. The van der Waals surface area contributed by atoms with Gasteiger partial charge >= 0.3 is 0 Å². The van der Waals surface area contributed by atoms with E-state index in [4.69, 9.17) is 4.98 Å². The molecular weight excluding hydrogens is 275 g/mol. The molecule has 0 fully saturated rings. The molecule has 107 valence electrons. The highest BCUT2D eigenvalue weighted by Crippen LogP contribution is 2.36. The molecule has 1 aliphatic heterocycles.